The van der Waals surface area contributed by atoms with E-state index in [-0.39, 0.29) is 18.5 Å². The Morgan fingerprint density at radius 2 is 2.21 bits per heavy atom. The lowest BCUT2D eigenvalue weighted by Gasteiger charge is -2.14. The van der Waals surface area contributed by atoms with Crippen molar-refractivity contribution in [3.05, 3.63) is 0 Å². The summed E-state index contributed by atoms with van der Waals surface area (Å²) in [6, 6.07) is 0. The highest BCUT2D eigenvalue weighted by Crippen LogP contribution is 2.10. The quantitative estimate of drug-likeness (QED) is 0.676. The second-order valence-corrected chi connectivity index (χ2v) is 5.43. The molecule has 0 aliphatic carbocycles. The molecule has 0 aromatic carbocycles. The summed E-state index contributed by atoms with van der Waals surface area (Å²) < 4.78 is 29.3. The highest BCUT2D eigenvalue weighted by atomic mass is 32.2. The van der Waals surface area contributed by atoms with E-state index < -0.39 is 10.0 Å². The van der Waals surface area contributed by atoms with Crippen LogP contribution in [-0.2, 0) is 19.6 Å². The Bertz CT molecular complexity index is 257. The highest BCUT2D eigenvalue weighted by molar-refractivity contribution is 7.88. The van der Waals surface area contributed by atoms with E-state index in [0.29, 0.717) is 13.2 Å². The average molecular weight is 223 g/mol. The summed E-state index contributed by atoms with van der Waals surface area (Å²) in [5.41, 5.74) is 0. The van der Waals surface area contributed by atoms with Gasteiger partial charge < -0.3 is 4.74 Å². The lowest BCUT2D eigenvalue weighted by Crippen LogP contribution is -2.31. The van der Waals surface area contributed by atoms with E-state index in [4.69, 9.17) is 9.57 Å². The molecule has 0 unspecified atom stereocenters. The van der Waals surface area contributed by atoms with E-state index >= 15 is 0 Å². The maximum atomic E-state index is 11.5. The van der Waals surface area contributed by atoms with Crippen LogP contribution in [0.3, 0.4) is 0 Å². The van der Waals surface area contributed by atoms with Crippen molar-refractivity contribution in [3.8, 4) is 0 Å². The Hall–Kier alpha value is -0.170. The van der Waals surface area contributed by atoms with Crippen molar-refractivity contribution >= 4 is 10.0 Å². The molecular weight excluding hydrogens is 206 g/mol. The monoisotopic (exact) mass is 223 g/mol. The summed E-state index contributed by atoms with van der Waals surface area (Å²) in [5.74, 6) is -0.00875. The highest BCUT2D eigenvalue weighted by Gasteiger charge is 2.26. The van der Waals surface area contributed by atoms with Crippen molar-refractivity contribution in [1.29, 1.82) is 0 Å². The number of nitrogens with zero attached hydrogens (tertiary/aromatic N) is 1. The third kappa shape index (κ3) is 3.53. The first kappa shape index (κ1) is 11.9. The van der Waals surface area contributed by atoms with Crippen molar-refractivity contribution in [2.24, 2.45) is 0 Å². The van der Waals surface area contributed by atoms with Gasteiger partial charge in [0.1, 0.15) is 0 Å². The zero-order valence-corrected chi connectivity index (χ0v) is 9.42. The molecule has 0 bridgehead atoms. The Morgan fingerprint density at radius 1 is 1.50 bits per heavy atom. The molecule has 0 aromatic rings. The van der Waals surface area contributed by atoms with Crippen LogP contribution in [0.15, 0.2) is 0 Å². The molecule has 1 saturated heterocycles. The van der Waals surface area contributed by atoms with E-state index in [9.17, 15) is 8.42 Å². The second kappa shape index (κ2) is 5.06. The maximum Gasteiger partial charge on any atom is 0.238 e. The molecule has 0 radical (unpaired) electrons. The zero-order valence-electron chi connectivity index (χ0n) is 8.60. The third-order valence-corrected chi connectivity index (χ3v) is 3.41. The van der Waals surface area contributed by atoms with Crippen molar-refractivity contribution in [2.75, 3.05) is 25.5 Å². The molecule has 0 aromatic heterocycles. The van der Waals surface area contributed by atoms with Gasteiger partial charge in [0.05, 0.1) is 25.1 Å². The summed E-state index contributed by atoms with van der Waals surface area (Å²) in [5, 5.41) is 0. The first-order valence-corrected chi connectivity index (χ1v) is 6.38. The Labute approximate surface area is 85.0 Å². The smallest absolute Gasteiger partial charge is 0.238 e. The molecule has 1 aliphatic heterocycles. The standard InChI is InChI=1S/C8H17NO4S/c1-8(2)12-6-7-14(10,11)9-4-3-5-13-9/h8H,3-7H2,1-2H3. The van der Waals surface area contributed by atoms with Crippen LogP contribution in [0.2, 0.25) is 0 Å². The Morgan fingerprint density at radius 3 is 2.71 bits per heavy atom. The van der Waals surface area contributed by atoms with E-state index in [1.54, 1.807) is 0 Å². The summed E-state index contributed by atoms with van der Waals surface area (Å²) in [6.45, 7) is 4.92. The van der Waals surface area contributed by atoms with Gasteiger partial charge in [0, 0.05) is 6.54 Å². The molecular formula is C8H17NO4S. The molecule has 0 spiro atoms. The predicted octanol–water partition coefficient (Wildman–Crippen LogP) is 0.379. The van der Waals surface area contributed by atoms with E-state index in [1.807, 2.05) is 13.8 Å². The van der Waals surface area contributed by atoms with Crippen LogP contribution in [0.1, 0.15) is 20.3 Å². The second-order valence-electron chi connectivity index (χ2n) is 3.45. The van der Waals surface area contributed by atoms with Crippen molar-refractivity contribution < 1.29 is 18.0 Å². The predicted molar refractivity (Wildman–Crippen MR) is 52.1 cm³/mol. The van der Waals surface area contributed by atoms with Crippen molar-refractivity contribution in [2.45, 2.75) is 26.4 Å². The van der Waals surface area contributed by atoms with Gasteiger partial charge in [-0.25, -0.2) is 8.42 Å². The molecule has 1 heterocycles. The molecule has 1 rings (SSSR count). The maximum absolute atomic E-state index is 11.5. The first-order valence-electron chi connectivity index (χ1n) is 4.77. The molecule has 0 N–H and O–H groups in total. The Balaban J connectivity index is 2.34. The van der Waals surface area contributed by atoms with Crippen LogP contribution in [-0.4, -0.2) is 44.5 Å². The molecule has 0 atom stereocenters. The number of hydrogen-bond donors (Lipinski definition) is 0. The minimum absolute atomic E-state index is 0.00875. The number of hydrogen-bond acceptors (Lipinski definition) is 4. The number of sulfonamides is 1. The van der Waals surface area contributed by atoms with E-state index in [2.05, 4.69) is 0 Å². The number of rotatable bonds is 5. The molecule has 14 heavy (non-hydrogen) atoms. The summed E-state index contributed by atoms with van der Waals surface area (Å²) in [6.07, 6.45) is 0.828. The van der Waals surface area contributed by atoms with Crippen LogP contribution in [0.25, 0.3) is 0 Å². The normalized spacial score (nSPS) is 19.4. The lowest BCUT2D eigenvalue weighted by molar-refractivity contribution is -0.0292. The molecule has 1 aliphatic rings. The SMILES string of the molecule is CC(C)OCCS(=O)(=O)N1CCCO1. The summed E-state index contributed by atoms with van der Waals surface area (Å²) >= 11 is 0. The van der Waals surface area contributed by atoms with E-state index in [1.165, 1.54) is 0 Å². The minimum Gasteiger partial charge on any atom is -0.378 e. The van der Waals surface area contributed by atoms with Gasteiger partial charge in [0.15, 0.2) is 0 Å². The van der Waals surface area contributed by atoms with Crippen LogP contribution in [0.4, 0.5) is 0 Å². The fraction of sp³-hybridized carbons (Fsp3) is 1.00. The van der Waals surface area contributed by atoms with Gasteiger partial charge in [0.2, 0.25) is 10.0 Å². The Kier molecular flexibility index (Phi) is 4.31. The molecule has 1 fully saturated rings. The van der Waals surface area contributed by atoms with Gasteiger partial charge in [-0.3, -0.25) is 4.84 Å². The molecule has 5 nitrogen and oxygen atoms in total. The summed E-state index contributed by atoms with van der Waals surface area (Å²) in [4.78, 5) is 4.97. The fourth-order valence-corrected chi connectivity index (χ4v) is 2.29. The fourth-order valence-electron chi connectivity index (χ4n) is 1.13. The third-order valence-electron chi connectivity index (χ3n) is 1.82. The van der Waals surface area contributed by atoms with Gasteiger partial charge in [-0.05, 0) is 20.3 Å². The average Bonchev–Trinajstić information content (AvgIpc) is 2.54. The minimum atomic E-state index is -3.27. The van der Waals surface area contributed by atoms with E-state index in [0.717, 1.165) is 10.9 Å². The van der Waals surface area contributed by atoms with Crippen LogP contribution >= 0.6 is 0 Å². The molecule has 84 valence electrons. The van der Waals surface area contributed by atoms with Crippen molar-refractivity contribution in [3.63, 3.8) is 0 Å². The number of hydroxylamine groups is 1. The summed E-state index contributed by atoms with van der Waals surface area (Å²) in [7, 11) is -3.27. The zero-order chi connectivity index (χ0) is 10.6. The van der Waals surface area contributed by atoms with Crippen LogP contribution in [0.5, 0.6) is 0 Å². The molecule has 0 saturated carbocycles. The van der Waals surface area contributed by atoms with Crippen LogP contribution in [0, 0.1) is 0 Å². The van der Waals surface area contributed by atoms with Gasteiger partial charge in [0.25, 0.3) is 0 Å². The number of ether oxygens (including phenoxy) is 1. The molecule has 0 amide bonds. The van der Waals surface area contributed by atoms with Gasteiger partial charge >= 0.3 is 0 Å². The van der Waals surface area contributed by atoms with Crippen LogP contribution < -0.4 is 0 Å². The first-order chi connectivity index (χ1) is 6.52. The van der Waals surface area contributed by atoms with Gasteiger partial charge in [-0.1, -0.05) is 4.47 Å². The van der Waals surface area contributed by atoms with Crippen molar-refractivity contribution in [1.82, 2.24) is 4.47 Å². The topological polar surface area (TPSA) is 55.8 Å². The van der Waals surface area contributed by atoms with Gasteiger partial charge in [-0.2, -0.15) is 0 Å². The van der Waals surface area contributed by atoms with Gasteiger partial charge in [-0.15, -0.1) is 0 Å². The lowest BCUT2D eigenvalue weighted by atomic mass is 10.5. The molecule has 6 heteroatoms. The largest absolute Gasteiger partial charge is 0.378 e.